The molecule has 92 valence electrons. The second-order valence-electron chi connectivity index (χ2n) is 2.58. The molecule has 0 amide bonds. The number of hydrogen-bond donors (Lipinski definition) is 0. The summed E-state index contributed by atoms with van der Waals surface area (Å²) < 4.78 is 0. The Morgan fingerprint density at radius 1 is 0.833 bits per heavy atom. The number of nitro benzene ring substituents is 3. The zero-order valence-electron chi connectivity index (χ0n) is 8.43. The van der Waals surface area contributed by atoms with Crippen LogP contribution in [0.1, 0.15) is 0 Å². The maximum atomic E-state index is 11.1. The van der Waals surface area contributed by atoms with Crippen molar-refractivity contribution in [2.75, 3.05) is 0 Å². The van der Waals surface area contributed by atoms with Crippen molar-refractivity contribution < 1.29 is 25.4 Å². The van der Waals surface area contributed by atoms with Gasteiger partial charge in [-0.05, 0) is 0 Å². The van der Waals surface area contributed by atoms with Crippen LogP contribution in [0, 0.1) is 30.3 Å². The van der Waals surface area contributed by atoms with E-state index in [0.717, 1.165) is 0 Å². The van der Waals surface area contributed by atoms with Crippen LogP contribution in [0.4, 0.5) is 17.1 Å². The number of rotatable bonds is 3. The molecule has 0 radical (unpaired) electrons. The molecule has 2 N–H and O–H groups in total. The predicted molar refractivity (Wildman–Crippen MR) is 55.2 cm³/mol. The van der Waals surface area contributed by atoms with E-state index in [-0.39, 0.29) is 22.8 Å². The summed E-state index contributed by atoms with van der Waals surface area (Å²) in [6.07, 6.45) is 0. The molecular weight excluding hydrogens is 269 g/mol. The van der Waals surface area contributed by atoms with Gasteiger partial charge in [0.15, 0.2) is 0 Å². The van der Waals surface area contributed by atoms with Crippen molar-refractivity contribution >= 4 is 34.4 Å². The third kappa shape index (κ3) is 3.35. The first-order valence-corrected chi connectivity index (χ1v) is 3.63. The van der Waals surface area contributed by atoms with Gasteiger partial charge in [0.2, 0.25) is 0 Å². The van der Waals surface area contributed by atoms with E-state index >= 15 is 0 Å². The number of nitrogens with zero attached hydrogens (tertiary/aromatic N) is 3. The van der Waals surface area contributed by atoms with Crippen molar-refractivity contribution in [3.8, 4) is 5.75 Å². The Balaban J connectivity index is 0. The number of non-ortho nitro benzene ring substituents is 1. The Morgan fingerprint density at radius 3 is 1.39 bits per heavy atom. The Kier molecular flexibility index (Phi) is 6.48. The van der Waals surface area contributed by atoms with Crippen LogP contribution in [0.3, 0.4) is 0 Å². The van der Waals surface area contributed by atoms with Gasteiger partial charge in [-0.25, -0.2) is 0 Å². The molecule has 0 aliphatic heterocycles. The van der Waals surface area contributed by atoms with Gasteiger partial charge in [0.25, 0.3) is 17.1 Å². The Morgan fingerprint density at radius 2 is 1.17 bits per heavy atom. The maximum absolute atomic E-state index is 11.1. The maximum Gasteiger partial charge on any atom is 3.00 e. The van der Waals surface area contributed by atoms with Gasteiger partial charge < -0.3 is 10.6 Å². The zero-order chi connectivity index (χ0) is 12.5. The molecular formula is C6H4AlN3O8+2. The van der Waals surface area contributed by atoms with Gasteiger partial charge in [-0.3, -0.25) is 30.3 Å². The van der Waals surface area contributed by atoms with E-state index in [9.17, 15) is 35.4 Å². The van der Waals surface area contributed by atoms with Gasteiger partial charge in [-0.1, -0.05) is 0 Å². The topological polar surface area (TPSA) is 184 Å². The molecule has 1 rings (SSSR count). The molecule has 12 heteroatoms. The summed E-state index contributed by atoms with van der Waals surface area (Å²) in [5.74, 6) is -1.46. The summed E-state index contributed by atoms with van der Waals surface area (Å²) in [6.45, 7) is 0. The molecule has 0 saturated carbocycles. The average Bonchev–Trinajstić information content (AvgIpc) is 2.16. The Labute approximate surface area is 109 Å². The summed E-state index contributed by atoms with van der Waals surface area (Å²) in [7, 11) is 0. The normalized spacial score (nSPS) is 8.67. The molecule has 0 heterocycles. The molecule has 0 aliphatic rings. The van der Waals surface area contributed by atoms with Gasteiger partial charge in [0, 0.05) is 0 Å². The van der Waals surface area contributed by atoms with Crippen LogP contribution in [-0.2, 0) is 0 Å². The van der Waals surface area contributed by atoms with Crippen LogP contribution >= 0.6 is 0 Å². The molecule has 1 aromatic carbocycles. The Hall–Kier alpha value is -2.29. The standard InChI is InChI=1S/C6H3N3O7.Al.H2O/c10-6-4(8(13)14)1-3(7(11)12)2-5(6)9(15)16;;/h1-2,10H;;1H2/q;+3;/p-1. The summed E-state index contributed by atoms with van der Waals surface area (Å²) in [6, 6.07) is 0.769. The van der Waals surface area contributed by atoms with E-state index < -0.39 is 37.6 Å². The molecule has 0 fully saturated rings. The van der Waals surface area contributed by atoms with E-state index in [1.54, 1.807) is 0 Å². The molecule has 1 aromatic rings. The van der Waals surface area contributed by atoms with Crippen molar-refractivity contribution in [2.45, 2.75) is 0 Å². The molecule has 0 atom stereocenters. The van der Waals surface area contributed by atoms with Gasteiger partial charge in [0.05, 0.1) is 32.7 Å². The third-order valence-electron chi connectivity index (χ3n) is 1.64. The second kappa shape index (κ2) is 6.45. The zero-order valence-corrected chi connectivity index (χ0v) is 9.59. The van der Waals surface area contributed by atoms with Gasteiger partial charge >= 0.3 is 17.4 Å². The predicted octanol–water partition coefficient (Wildman–Crippen LogP) is -0.721. The van der Waals surface area contributed by atoms with Crippen molar-refractivity contribution in [1.82, 2.24) is 0 Å². The Bertz CT molecular complexity index is 469. The minimum absolute atomic E-state index is 0. The fourth-order valence-electron chi connectivity index (χ4n) is 0.961. The van der Waals surface area contributed by atoms with Crippen LogP contribution in [0.25, 0.3) is 0 Å². The van der Waals surface area contributed by atoms with E-state index in [2.05, 4.69) is 0 Å². The first kappa shape index (κ1) is 18.1. The minimum atomic E-state index is -1.46. The molecule has 0 aromatic heterocycles. The third-order valence-corrected chi connectivity index (χ3v) is 1.64. The van der Waals surface area contributed by atoms with Crippen molar-refractivity contribution in [1.29, 1.82) is 0 Å². The largest absolute Gasteiger partial charge is 3.00 e. The molecule has 0 spiro atoms. The van der Waals surface area contributed by atoms with Gasteiger partial charge in [0.1, 0.15) is 0 Å². The van der Waals surface area contributed by atoms with E-state index in [1.807, 2.05) is 0 Å². The summed E-state index contributed by atoms with van der Waals surface area (Å²) in [5, 5.41) is 42.1. The van der Waals surface area contributed by atoms with Crippen LogP contribution in [0.5, 0.6) is 5.75 Å². The molecule has 0 unspecified atom stereocenters. The van der Waals surface area contributed by atoms with E-state index in [1.165, 1.54) is 0 Å². The summed E-state index contributed by atoms with van der Waals surface area (Å²) in [5.41, 5.74) is -3.26. The van der Waals surface area contributed by atoms with Crippen LogP contribution in [-0.4, -0.2) is 37.6 Å². The monoisotopic (exact) mass is 273 g/mol. The SMILES string of the molecule is O.O=[N+]([O-])c1cc([N+](=O)[O-])c([O-])c([N+](=O)[O-])c1.[Al+3]. The van der Waals surface area contributed by atoms with Crippen molar-refractivity contribution in [3.05, 3.63) is 42.5 Å². The van der Waals surface area contributed by atoms with Crippen LogP contribution < -0.4 is 5.11 Å². The van der Waals surface area contributed by atoms with Gasteiger partial charge in [-0.15, -0.1) is 0 Å². The summed E-state index contributed by atoms with van der Waals surface area (Å²) >= 11 is 0. The molecule has 11 nitrogen and oxygen atoms in total. The fourth-order valence-corrected chi connectivity index (χ4v) is 0.961. The number of benzene rings is 1. The first-order chi connectivity index (χ1) is 7.34. The quantitative estimate of drug-likeness (QED) is 0.394. The van der Waals surface area contributed by atoms with Crippen LogP contribution in [0.2, 0.25) is 0 Å². The summed E-state index contributed by atoms with van der Waals surface area (Å²) in [4.78, 5) is 27.5. The average molecular weight is 273 g/mol. The number of hydrogen-bond acceptors (Lipinski definition) is 7. The van der Waals surface area contributed by atoms with Gasteiger partial charge in [-0.2, -0.15) is 0 Å². The molecule has 0 aliphatic carbocycles. The van der Waals surface area contributed by atoms with Crippen LogP contribution in [0.15, 0.2) is 12.1 Å². The van der Waals surface area contributed by atoms with Crippen molar-refractivity contribution in [3.63, 3.8) is 0 Å². The van der Waals surface area contributed by atoms with Crippen molar-refractivity contribution in [2.24, 2.45) is 0 Å². The van der Waals surface area contributed by atoms with E-state index in [4.69, 9.17) is 0 Å². The first-order valence-electron chi connectivity index (χ1n) is 3.63. The van der Waals surface area contributed by atoms with E-state index in [0.29, 0.717) is 12.1 Å². The fraction of sp³-hybridized carbons (Fsp3) is 0. The molecule has 18 heavy (non-hydrogen) atoms. The minimum Gasteiger partial charge on any atom is -0.863 e. The second-order valence-corrected chi connectivity index (χ2v) is 2.58. The smallest absolute Gasteiger partial charge is 0.863 e. The molecule has 0 bridgehead atoms. The number of nitro groups is 3. The molecule has 0 saturated heterocycles.